The average Bonchev–Trinajstić information content (AvgIpc) is 2.46. The number of benzene rings is 1. The van der Waals surface area contributed by atoms with E-state index in [-0.39, 0.29) is 12.0 Å². The molecule has 19 heavy (non-hydrogen) atoms. The molecule has 0 saturated carbocycles. The highest BCUT2D eigenvalue weighted by atomic mass is 79.9. The van der Waals surface area contributed by atoms with Gasteiger partial charge in [-0.05, 0) is 37.1 Å². The number of carbonyl (C=O) groups excluding carboxylic acids is 1. The highest BCUT2D eigenvalue weighted by molar-refractivity contribution is 9.09. The molecule has 104 valence electrons. The summed E-state index contributed by atoms with van der Waals surface area (Å²) in [4.78, 5) is 14.2. The predicted octanol–water partition coefficient (Wildman–Crippen LogP) is 3.36. The van der Waals surface area contributed by atoms with E-state index >= 15 is 0 Å². The first-order valence-corrected chi connectivity index (χ1v) is 7.93. The number of hydrogen-bond donors (Lipinski definition) is 0. The van der Waals surface area contributed by atoms with Crippen LogP contribution in [0, 0.1) is 0 Å². The fraction of sp³-hybridized carbons (Fsp3) is 0.500. The second kappa shape index (κ2) is 7.27. The maximum Gasteiger partial charge on any atom is 0.253 e. The monoisotopic (exact) mass is 345 g/mol. The Morgan fingerprint density at radius 3 is 2.53 bits per heavy atom. The summed E-state index contributed by atoms with van der Waals surface area (Å²) in [5, 5.41) is 1.51. The van der Waals surface area contributed by atoms with E-state index in [4.69, 9.17) is 16.3 Å². The van der Waals surface area contributed by atoms with E-state index < -0.39 is 0 Å². The van der Waals surface area contributed by atoms with Crippen molar-refractivity contribution in [3.8, 4) is 0 Å². The summed E-state index contributed by atoms with van der Waals surface area (Å²) in [5.74, 6) is 0.0793. The molecule has 0 spiro atoms. The first kappa shape index (κ1) is 14.8. The van der Waals surface area contributed by atoms with Gasteiger partial charge >= 0.3 is 0 Å². The molecule has 1 aromatic carbocycles. The lowest BCUT2D eigenvalue weighted by Gasteiger charge is -2.32. The minimum Gasteiger partial charge on any atom is -0.377 e. The zero-order valence-electron chi connectivity index (χ0n) is 10.6. The van der Waals surface area contributed by atoms with E-state index in [1.54, 1.807) is 24.3 Å². The Morgan fingerprint density at radius 1 is 1.32 bits per heavy atom. The quantitative estimate of drug-likeness (QED) is 0.782. The van der Waals surface area contributed by atoms with E-state index in [1.807, 2.05) is 4.90 Å². The van der Waals surface area contributed by atoms with Gasteiger partial charge in [0.1, 0.15) is 0 Å². The molecular formula is C14H17BrClNO2. The normalized spacial score (nSPS) is 16.6. The third-order valence-electron chi connectivity index (χ3n) is 3.25. The smallest absolute Gasteiger partial charge is 0.253 e. The minimum atomic E-state index is 0.0793. The molecule has 0 atom stereocenters. The topological polar surface area (TPSA) is 29.5 Å². The number of nitrogens with zero attached hydrogens (tertiary/aromatic N) is 1. The third-order valence-corrected chi connectivity index (χ3v) is 3.83. The Kier molecular flexibility index (Phi) is 5.67. The summed E-state index contributed by atoms with van der Waals surface area (Å²) in [6.07, 6.45) is 2.10. The van der Waals surface area contributed by atoms with Crippen LogP contribution in [-0.4, -0.2) is 41.9 Å². The fourth-order valence-electron chi connectivity index (χ4n) is 2.21. The van der Waals surface area contributed by atoms with Crippen LogP contribution >= 0.6 is 27.5 Å². The van der Waals surface area contributed by atoms with Crippen molar-refractivity contribution in [1.82, 2.24) is 4.90 Å². The average molecular weight is 347 g/mol. The van der Waals surface area contributed by atoms with Gasteiger partial charge in [0.15, 0.2) is 0 Å². The van der Waals surface area contributed by atoms with Crippen LogP contribution in [0.4, 0.5) is 0 Å². The van der Waals surface area contributed by atoms with Gasteiger partial charge in [-0.3, -0.25) is 4.79 Å². The molecule has 1 saturated heterocycles. The van der Waals surface area contributed by atoms with Crippen molar-refractivity contribution in [3.63, 3.8) is 0 Å². The number of piperidine rings is 1. The zero-order valence-corrected chi connectivity index (χ0v) is 13.0. The molecule has 0 bridgehead atoms. The predicted molar refractivity (Wildman–Crippen MR) is 80.1 cm³/mol. The molecule has 0 unspecified atom stereocenters. The highest BCUT2D eigenvalue weighted by Gasteiger charge is 2.23. The van der Waals surface area contributed by atoms with Crippen LogP contribution in [0.3, 0.4) is 0 Å². The first-order chi connectivity index (χ1) is 9.20. The number of halogens is 2. The van der Waals surface area contributed by atoms with E-state index in [0.29, 0.717) is 10.6 Å². The zero-order chi connectivity index (χ0) is 13.7. The van der Waals surface area contributed by atoms with Crippen LogP contribution in [0.5, 0.6) is 0 Å². The Balaban J connectivity index is 1.87. The number of alkyl halides is 1. The molecule has 1 aliphatic rings. The van der Waals surface area contributed by atoms with Crippen LogP contribution in [0.1, 0.15) is 23.2 Å². The number of rotatable bonds is 4. The van der Waals surface area contributed by atoms with Gasteiger partial charge in [-0.2, -0.15) is 0 Å². The van der Waals surface area contributed by atoms with Crippen molar-refractivity contribution in [1.29, 1.82) is 0 Å². The number of carbonyl (C=O) groups is 1. The third kappa shape index (κ3) is 4.20. The van der Waals surface area contributed by atoms with E-state index in [1.165, 1.54) is 0 Å². The molecule has 3 nitrogen and oxygen atoms in total. The molecule has 0 radical (unpaired) electrons. The van der Waals surface area contributed by atoms with Gasteiger partial charge < -0.3 is 9.64 Å². The largest absolute Gasteiger partial charge is 0.377 e. The summed E-state index contributed by atoms with van der Waals surface area (Å²) in [5.41, 5.74) is 0.698. The van der Waals surface area contributed by atoms with E-state index in [9.17, 15) is 4.79 Å². The van der Waals surface area contributed by atoms with Crippen LogP contribution in [0.2, 0.25) is 5.02 Å². The minimum absolute atomic E-state index is 0.0793. The van der Waals surface area contributed by atoms with Crippen molar-refractivity contribution in [2.75, 3.05) is 25.0 Å². The lowest BCUT2D eigenvalue weighted by Crippen LogP contribution is -2.41. The number of ether oxygens (including phenoxy) is 1. The second-order valence-corrected chi connectivity index (χ2v) is 5.79. The van der Waals surface area contributed by atoms with Gasteiger partial charge in [0.25, 0.3) is 5.91 Å². The Bertz CT molecular complexity index is 416. The van der Waals surface area contributed by atoms with Crippen molar-refractivity contribution in [2.24, 2.45) is 0 Å². The molecule has 0 N–H and O–H groups in total. The Hall–Kier alpha value is -0.580. The molecule has 1 aliphatic heterocycles. The Labute approximate surface area is 127 Å². The second-order valence-electron chi connectivity index (χ2n) is 4.56. The van der Waals surface area contributed by atoms with Crippen LogP contribution in [0.25, 0.3) is 0 Å². The summed E-state index contributed by atoms with van der Waals surface area (Å²) in [6, 6.07) is 7.05. The van der Waals surface area contributed by atoms with Gasteiger partial charge in [-0.1, -0.05) is 27.5 Å². The maximum absolute atomic E-state index is 12.3. The molecule has 1 amide bonds. The van der Waals surface area contributed by atoms with Gasteiger partial charge in [0, 0.05) is 29.0 Å². The van der Waals surface area contributed by atoms with E-state index in [0.717, 1.165) is 37.9 Å². The highest BCUT2D eigenvalue weighted by Crippen LogP contribution is 2.17. The van der Waals surface area contributed by atoms with Crippen LogP contribution in [0.15, 0.2) is 24.3 Å². The van der Waals surface area contributed by atoms with Crippen molar-refractivity contribution < 1.29 is 9.53 Å². The molecule has 1 aromatic rings. The molecule has 1 heterocycles. The van der Waals surface area contributed by atoms with Crippen molar-refractivity contribution >= 4 is 33.4 Å². The molecular weight excluding hydrogens is 330 g/mol. The number of amides is 1. The SMILES string of the molecule is O=C(c1ccc(Cl)cc1)N1CCC(OCCBr)CC1. The summed E-state index contributed by atoms with van der Waals surface area (Å²) in [6.45, 7) is 2.25. The molecule has 2 rings (SSSR count). The van der Waals surface area contributed by atoms with Crippen molar-refractivity contribution in [3.05, 3.63) is 34.9 Å². The van der Waals surface area contributed by atoms with Crippen molar-refractivity contribution in [2.45, 2.75) is 18.9 Å². The molecule has 5 heteroatoms. The number of hydrogen-bond acceptors (Lipinski definition) is 2. The summed E-state index contributed by atoms with van der Waals surface area (Å²) in [7, 11) is 0. The van der Waals surface area contributed by atoms with Gasteiger partial charge in [0.2, 0.25) is 0 Å². The van der Waals surface area contributed by atoms with E-state index in [2.05, 4.69) is 15.9 Å². The first-order valence-electron chi connectivity index (χ1n) is 6.43. The molecule has 0 aliphatic carbocycles. The summed E-state index contributed by atoms with van der Waals surface area (Å²) >= 11 is 9.17. The standard InChI is InChI=1S/C14H17BrClNO2/c15-7-10-19-13-5-8-17(9-6-13)14(18)11-1-3-12(16)4-2-11/h1-4,13H,5-10H2. The lowest BCUT2D eigenvalue weighted by molar-refractivity contribution is 0.0160. The maximum atomic E-state index is 12.3. The Morgan fingerprint density at radius 2 is 1.95 bits per heavy atom. The van der Waals surface area contributed by atoms with Gasteiger partial charge in [-0.25, -0.2) is 0 Å². The molecule has 1 fully saturated rings. The van der Waals surface area contributed by atoms with Gasteiger partial charge in [-0.15, -0.1) is 0 Å². The van der Waals surface area contributed by atoms with Gasteiger partial charge in [0.05, 0.1) is 12.7 Å². The lowest BCUT2D eigenvalue weighted by atomic mass is 10.1. The van der Waals surface area contributed by atoms with Crippen LogP contribution in [-0.2, 0) is 4.74 Å². The summed E-state index contributed by atoms with van der Waals surface area (Å²) < 4.78 is 5.68. The fourth-order valence-corrected chi connectivity index (χ4v) is 2.52. The number of likely N-dealkylation sites (tertiary alicyclic amines) is 1. The molecule has 0 aromatic heterocycles. The van der Waals surface area contributed by atoms with Crippen LogP contribution < -0.4 is 0 Å².